The third kappa shape index (κ3) is 1.71. The van der Waals surface area contributed by atoms with Gasteiger partial charge in [0.15, 0.2) is 0 Å². The first-order valence-corrected chi connectivity index (χ1v) is 3.52. The number of nitrogens with two attached hydrogens (primary N) is 1. The molecule has 66 valence electrons. The topological polar surface area (TPSA) is 46.2 Å². The lowest BCUT2D eigenvalue weighted by Crippen LogP contribution is -2.05. The zero-order valence-electron chi connectivity index (χ0n) is 6.35. The summed E-state index contributed by atoms with van der Waals surface area (Å²) in [6, 6.07) is 1.60. The number of phenolic OH excluding ortho intramolecular Hbond substituents is 1. The van der Waals surface area contributed by atoms with Gasteiger partial charge < -0.3 is 10.8 Å². The fraction of sp³-hybridized carbons (Fsp3) is 0.250. The van der Waals surface area contributed by atoms with Crippen LogP contribution in [0.3, 0.4) is 0 Å². The van der Waals surface area contributed by atoms with Gasteiger partial charge in [0, 0.05) is 17.7 Å². The van der Waals surface area contributed by atoms with Crippen LogP contribution in [-0.2, 0) is 6.42 Å². The van der Waals surface area contributed by atoms with Crippen LogP contribution >= 0.6 is 0 Å². The maximum Gasteiger partial charge on any atom is 0.133 e. The lowest BCUT2D eigenvalue weighted by Gasteiger charge is -2.03. The van der Waals surface area contributed by atoms with Crippen LogP contribution in [0.5, 0.6) is 5.75 Å². The predicted molar refractivity (Wildman–Crippen MR) is 40.8 cm³/mol. The summed E-state index contributed by atoms with van der Waals surface area (Å²) in [4.78, 5) is 0. The Bertz CT molecular complexity index is 265. The Hall–Kier alpha value is -1.16. The molecule has 0 fully saturated rings. The van der Waals surface area contributed by atoms with Gasteiger partial charge in [-0.3, -0.25) is 0 Å². The molecule has 0 aliphatic heterocycles. The highest BCUT2D eigenvalue weighted by Gasteiger charge is 2.08. The normalized spacial score (nSPS) is 10.2. The van der Waals surface area contributed by atoms with Crippen molar-refractivity contribution >= 4 is 0 Å². The van der Waals surface area contributed by atoms with Crippen LogP contribution in [0.4, 0.5) is 8.78 Å². The molecule has 0 aliphatic carbocycles. The summed E-state index contributed by atoms with van der Waals surface area (Å²) in [7, 11) is 0. The third-order valence-corrected chi connectivity index (χ3v) is 1.53. The van der Waals surface area contributed by atoms with E-state index in [1.807, 2.05) is 0 Å². The molecule has 1 aromatic carbocycles. The van der Waals surface area contributed by atoms with Crippen LogP contribution < -0.4 is 5.73 Å². The van der Waals surface area contributed by atoms with Gasteiger partial charge in [0.25, 0.3) is 0 Å². The second-order valence-electron chi connectivity index (χ2n) is 2.42. The first-order chi connectivity index (χ1) is 5.65. The summed E-state index contributed by atoms with van der Waals surface area (Å²) < 4.78 is 25.3. The Kier molecular flexibility index (Phi) is 2.60. The summed E-state index contributed by atoms with van der Waals surface area (Å²) in [5, 5.41) is 9.07. The Morgan fingerprint density at radius 2 is 2.00 bits per heavy atom. The highest BCUT2D eigenvalue weighted by Crippen LogP contribution is 2.21. The van der Waals surface area contributed by atoms with Gasteiger partial charge in [-0.2, -0.15) is 0 Å². The van der Waals surface area contributed by atoms with Gasteiger partial charge in [-0.1, -0.05) is 0 Å². The molecule has 0 spiro atoms. The molecular weight excluding hydrogens is 164 g/mol. The number of aromatic hydroxyl groups is 1. The van der Waals surface area contributed by atoms with E-state index in [0.29, 0.717) is 0 Å². The van der Waals surface area contributed by atoms with Gasteiger partial charge in [-0.05, 0) is 13.0 Å². The largest absolute Gasteiger partial charge is 0.507 e. The van der Waals surface area contributed by atoms with Crippen molar-refractivity contribution in [2.75, 3.05) is 6.54 Å². The predicted octanol–water partition coefficient (Wildman–Crippen LogP) is 1.17. The van der Waals surface area contributed by atoms with E-state index >= 15 is 0 Å². The van der Waals surface area contributed by atoms with Gasteiger partial charge in [0.05, 0.1) is 0 Å². The standard InChI is InChI=1S/C8H9F2NO/c9-5-3-7(10)6(1-2-11)8(12)4-5/h3-4,12H,1-2,11H2. The summed E-state index contributed by atoms with van der Waals surface area (Å²) in [5.74, 6) is -1.92. The summed E-state index contributed by atoms with van der Waals surface area (Å²) in [6.45, 7) is 0.218. The quantitative estimate of drug-likeness (QED) is 0.705. The van der Waals surface area contributed by atoms with E-state index in [9.17, 15) is 8.78 Å². The van der Waals surface area contributed by atoms with Crippen molar-refractivity contribution < 1.29 is 13.9 Å². The van der Waals surface area contributed by atoms with Gasteiger partial charge in [-0.25, -0.2) is 8.78 Å². The minimum absolute atomic E-state index is 0.0684. The van der Waals surface area contributed by atoms with Crippen LogP contribution in [0.25, 0.3) is 0 Å². The highest BCUT2D eigenvalue weighted by atomic mass is 19.1. The number of hydrogen-bond donors (Lipinski definition) is 2. The summed E-state index contributed by atoms with van der Waals surface area (Å²) in [5.41, 5.74) is 5.23. The van der Waals surface area contributed by atoms with Crippen LogP contribution in [-0.4, -0.2) is 11.7 Å². The van der Waals surface area contributed by atoms with E-state index in [0.717, 1.165) is 12.1 Å². The van der Waals surface area contributed by atoms with E-state index in [1.165, 1.54) is 0 Å². The first-order valence-electron chi connectivity index (χ1n) is 3.52. The van der Waals surface area contributed by atoms with Crippen LogP contribution in [0.15, 0.2) is 12.1 Å². The van der Waals surface area contributed by atoms with E-state index in [4.69, 9.17) is 10.8 Å². The summed E-state index contributed by atoms with van der Waals surface area (Å²) >= 11 is 0. The SMILES string of the molecule is NCCc1c(O)cc(F)cc1F. The molecule has 0 unspecified atom stereocenters. The van der Waals surface area contributed by atoms with Crippen molar-refractivity contribution in [3.63, 3.8) is 0 Å². The Labute approximate surface area is 68.6 Å². The zero-order valence-corrected chi connectivity index (χ0v) is 6.35. The molecule has 3 N–H and O–H groups in total. The van der Waals surface area contributed by atoms with Crippen molar-refractivity contribution in [1.29, 1.82) is 0 Å². The fourth-order valence-electron chi connectivity index (χ4n) is 0.982. The van der Waals surface area contributed by atoms with Crippen molar-refractivity contribution in [3.05, 3.63) is 29.3 Å². The lowest BCUT2D eigenvalue weighted by molar-refractivity contribution is 0.450. The molecule has 1 aromatic rings. The molecule has 1 rings (SSSR count). The molecule has 4 heteroatoms. The number of halogens is 2. The first kappa shape index (κ1) is 8.93. The Morgan fingerprint density at radius 1 is 1.33 bits per heavy atom. The van der Waals surface area contributed by atoms with Gasteiger partial charge in [0.1, 0.15) is 17.4 Å². The molecule has 0 atom stereocenters. The minimum atomic E-state index is -0.786. The average Bonchev–Trinajstić information content (AvgIpc) is 1.96. The molecule has 0 bridgehead atoms. The third-order valence-electron chi connectivity index (χ3n) is 1.53. The van der Waals surface area contributed by atoms with Crippen molar-refractivity contribution in [3.8, 4) is 5.75 Å². The molecule has 2 nitrogen and oxygen atoms in total. The molecule has 0 amide bonds. The Morgan fingerprint density at radius 3 is 2.50 bits per heavy atom. The molecule has 0 saturated heterocycles. The van der Waals surface area contributed by atoms with E-state index in [-0.39, 0.29) is 24.3 Å². The molecule has 0 radical (unpaired) electrons. The maximum absolute atomic E-state index is 12.8. The monoisotopic (exact) mass is 173 g/mol. The van der Waals surface area contributed by atoms with Crippen LogP contribution in [0.2, 0.25) is 0 Å². The van der Waals surface area contributed by atoms with Gasteiger partial charge in [-0.15, -0.1) is 0 Å². The number of benzene rings is 1. The smallest absolute Gasteiger partial charge is 0.133 e. The minimum Gasteiger partial charge on any atom is -0.507 e. The van der Waals surface area contributed by atoms with Crippen LogP contribution in [0, 0.1) is 11.6 Å². The number of rotatable bonds is 2. The molecule has 0 aliphatic rings. The van der Waals surface area contributed by atoms with Gasteiger partial charge >= 0.3 is 0 Å². The van der Waals surface area contributed by atoms with Crippen LogP contribution in [0.1, 0.15) is 5.56 Å². The van der Waals surface area contributed by atoms with E-state index in [2.05, 4.69) is 0 Å². The second-order valence-corrected chi connectivity index (χ2v) is 2.42. The van der Waals surface area contributed by atoms with Gasteiger partial charge in [0.2, 0.25) is 0 Å². The summed E-state index contributed by atoms with van der Waals surface area (Å²) in [6.07, 6.45) is 0.206. The van der Waals surface area contributed by atoms with Crippen molar-refractivity contribution in [2.45, 2.75) is 6.42 Å². The highest BCUT2D eigenvalue weighted by molar-refractivity contribution is 5.34. The second kappa shape index (κ2) is 3.49. The van der Waals surface area contributed by atoms with E-state index in [1.54, 1.807) is 0 Å². The van der Waals surface area contributed by atoms with E-state index < -0.39 is 11.6 Å². The number of phenols is 1. The van der Waals surface area contributed by atoms with Crippen molar-refractivity contribution in [1.82, 2.24) is 0 Å². The molecule has 0 aromatic heterocycles. The maximum atomic E-state index is 12.8. The molecule has 0 saturated carbocycles. The molecular formula is C8H9F2NO. The fourth-order valence-corrected chi connectivity index (χ4v) is 0.982. The number of hydrogen-bond acceptors (Lipinski definition) is 2. The lowest BCUT2D eigenvalue weighted by atomic mass is 10.1. The Balaban J connectivity index is 3.10. The van der Waals surface area contributed by atoms with Crippen molar-refractivity contribution in [2.24, 2.45) is 5.73 Å². The molecule has 12 heavy (non-hydrogen) atoms. The average molecular weight is 173 g/mol. The zero-order chi connectivity index (χ0) is 9.14. The molecule has 0 heterocycles.